The molecule has 2 heterocycles. The first kappa shape index (κ1) is 17.4. The minimum atomic E-state index is -3.45. The minimum Gasteiger partial charge on any atom is -0.369 e. The highest BCUT2D eigenvalue weighted by atomic mass is 32.2. The van der Waals surface area contributed by atoms with E-state index in [1.54, 1.807) is 24.5 Å². The maximum absolute atomic E-state index is 12.4. The van der Waals surface area contributed by atoms with Gasteiger partial charge in [-0.25, -0.2) is 8.42 Å². The first-order valence-electron chi connectivity index (χ1n) is 7.18. The van der Waals surface area contributed by atoms with Gasteiger partial charge in [-0.05, 0) is 11.6 Å². The van der Waals surface area contributed by atoms with Gasteiger partial charge in [-0.1, -0.05) is 6.07 Å². The number of primary amides is 1. The van der Waals surface area contributed by atoms with Crippen molar-refractivity contribution < 1.29 is 18.0 Å². The smallest absolute Gasteiger partial charge is 0.227 e. The van der Waals surface area contributed by atoms with Crippen molar-refractivity contribution in [2.24, 2.45) is 11.7 Å². The van der Waals surface area contributed by atoms with Gasteiger partial charge >= 0.3 is 0 Å². The van der Waals surface area contributed by atoms with Crippen molar-refractivity contribution >= 4 is 21.8 Å². The molecule has 0 aliphatic carbocycles. The number of carbonyl (C=O) groups is 2. The topological polar surface area (TPSA) is 114 Å². The summed E-state index contributed by atoms with van der Waals surface area (Å²) in [6, 6.07) is 3.53. The van der Waals surface area contributed by atoms with Crippen LogP contribution in [0.2, 0.25) is 0 Å². The second-order valence-corrected chi connectivity index (χ2v) is 7.58. The molecule has 2 rings (SSSR count). The van der Waals surface area contributed by atoms with E-state index in [0.29, 0.717) is 0 Å². The zero-order chi connectivity index (χ0) is 17.0. The van der Waals surface area contributed by atoms with Gasteiger partial charge in [0.1, 0.15) is 0 Å². The van der Waals surface area contributed by atoms with Gasteiger partial charge in [0, 0.05) is 38.6 Å². The number of nitrogens with zero attached hydrogens (tertiary/aromatic N) is 3. The monoisotopic (exact) mass is 340 g/mol. The molecular weight excluding hydrogens is 320 g/mol. The van der Waals surface area contributed by atoms with E-state index >= 15 is 0 Å². The number of aromatic nitrogens is 1. The second kappa shape index (κ2) is 7.05. The molecule has 0 bridgehead atoms. The van der Waals surface area contributed by atoms with Gasteiger partial charge in [-0.2, -0.15) is 4.31 Å². The molecule has 1 atom stereocenters. The van der Waals surface area contributed by atoms with Crippen LogP contribution in [0.1, 0.15) is 5.56 Å². The van der Waals surface area contributed by atoms with E-state index in [1.165, 1.54) is 9.21 Å². The molecule has 1 aliphatic rings. The van der Waals surface area contributed by atoms with Crippen molar-refractivity contribution in [3.8, 4) is 0 Å². The molecule has 2 amide bonds. The summed E-state index contributed by atoms with van der Waals surface area (Å²) in [4.78, 5) is 29.4. The van der Waals surface area contributed by atoms with Crippen molar-refractivity contribution in [3.05, 3.63) is 30.1 Å². The lowest BCUT2D eigenvalue weighted by atomic mass is 10.1. The van der Waals surface area contributed by atoms with Crippen LogP contribution >= 0.6 is 0 Å². The third kappa shape index (κ3) is 4.73. The Bertz CT molecular complexity index is 677. The Labute approximate surface area is 135 Å². The van der Waals surface area contributed by atoms with Crippen LogP contribution in [0, 0.1) is 5.92 Å². The molecule has 1 saturated heterocycles. The molecule has 23 heavy (non-hydrogen) atoms. The molecule has 1 aromatic rings. The van der Waals surface area contributed by atoms with Crippen LogP contribution in [0.4, 0.5) is 0 Å². The van der Waals surface area contributed by atoms with Gasteiger partial charge in [0.05, 0.1) is 18.6 Å². The van der Waals surface area contributed by atoms with Crippen LogP contribution in [0.3, 0.4) is 0 Å². The number of hydrogen-bond acceptors (Lipinski definition) is 5. The predicted molar refractivity (Wildman–Crippen MR) is 83.6 cm³/mol. The fraction of sp³-hybridized carbons (Fsp3) is 0.500. The summed E-state index contributed by atoms with van der Waals surface area (Å²) in [6.45, 7) is 0.516. The Kier molecular flexibility index (Phi) is 5.32. The van der Waals surface area contributed by atoms with Crippen LogP contribution in [0.5, 0.6) is 0 Å². The molecule has 1 unspecified atom stereocenters. The summed E-state index contributed by atoms with van der Waals surface area (Å²) < 4.78 is 24.7. The molecular formula is C14H20N4O4S. The van der Waals surface area contributed by atoms with Crippen molar-refractivity contribution in [1.29, 1.82) is 0 Å². The second-order valence-electron chi connectivity index (χ2n) is 5.60. The van der Waals surface area contributed by atoms with Crippen LogP contribution in [-0.2, 0) is 26.0 Å². The van der Waals surface area contributed by atoms with Gasteiger partial charge < -0.3 is 10.6 Å². The fourth-order valence-corrected chi connectivity index (χ4v) is 3.35. The first-order valence-corrected chi connectivity index (χ1v) is 9.03. The molecule has 0 radical (unpaired) electrons. The largest absolute Gasteiger partial charge is 0.369 e. The number of sulfonamides is 1. The van der Waals surface area contributed by atoms with Crippen molar-refractivity contribution in [2.75, 3.05) is 32.4 Å². The Morgan fingerprint density at radius 1 is 1.35 bits per heavy atom. The van der Waals surface area contributed by atoms with Gasteiger partial charge in [-0.15, -0.1) is 0 Å². The summed E-state index contributed by atoms with van der Waals surface area (Å²) in [7, 11) is -3.45. The van der Waals surface area contributed by atoms with E-state index in [1.807, 2.05) is 0 Å². The lowest BCUT2D eigenvalue weighted by molar-refractivity contribution is -0.131. The number of hydrogen-bond donors (Lipinski definition) is 1. The number of amides is 2. The number of pyridine rings is 1. The minimum absolute atomic E-state index is 0.00480. The van der Waals surface area contributed by atoms with E-state index in [0.717, 1.165) is 11.8 Å². The summed E-state index contributed by atoms with van der Waals surface area (Å²) in [6.07, 6.45) is 4.45. The first-order chi connectivity index (χ1) is 10.8. The lowest BCUT2D eigenvalue weighted by Gasteiger charge is -2.22. The maximum atomic E-state index is 12.4. The van der Waals surface area contributed by atoms with Crippen molar-refractivity contribution in [1.82, 2.24) is 14.2 Å². The van der Waals surface area contributed by atoms with Crippen molar-refractivity contribution in [2.45, 2.75) is 6.42 Å². The normalized spacial score (nSPS) is 20.0. The third-order valence-corrected chi connectivity index (χ3v) is 5.06. The SMILES string of the molecule is CS(=O)(=O)N1CCN(C(=O)Cc2cccnc2)CC(C(N)=O)C1. The molecule has 2 N–H and O–H groups in total. The van der Waals surface area contributed by atoms with E-state index < -0.39 is 21.8 Å². The third-order valence-electron chi connectivity index (χ3n) is 3.79. The van der Waals surface area contributed by atoms with E-state index in [2.05, 4.69) is 4.98 Å². The molecule has 1 aliphatic heterocycles. The van der Waals surface area contributed by atoms with Gasteiger partial charge in [0.2, 0.25) is 21.8 Å². The summed E-state index contributed by atoms with van der Waals surface area (Å²) in [5.74, 6) is -1.51. The Morgan fingerprint density at radius 3 is 2.65 bits per heavy atom. The molecule has 1 aromatic heterocycles. The highest BCUT2D eigenvalue weighted by Crippen LogP contribution is 2.14. The van der Waals surface area contributed by atoms with E-state index in [4.69, 9.17) is 5.73 Å². The zero-order valence-electron chi connectivity index (χ0n) is 12.9. The number of nitrogens with two attached hydrogens (primary N) is 1. The van der Waals surface area contributed by atoms with E-state index in [-0.39, 0.29) is 38.5 Å². The molecule has 9 heteroatoms. The number of rotatable bonds is 4. The number of carbonyl (C=O) groups excluding carboxylic acids is 2. The average molecular weight is 340 g/mol. The molecule has 8 nitrogen and oxygen atoms in total. The van der Waals surface area contributed by atoms with Gasteiger partial charge in [0.25, 0.3) is 0 Å². The Balaban J connectivity index is 2.13. The zero-order valence-corrected chi connectivity index (χ0v) is 13.7. The summed E-state index contributed by atoms with van der Waals surface area (Å²) >= 11 is 0. The fourth-order valence-electron chi connectivity index (χ4n) is 2.48. The van der Waals surface area contributed by atoms with Crippen LogP contribution < -0.4 is 5.73 Å². The average Bonchev–Trinajstić information content (AvgIpc) is 2.71. The predicted octanol–water partition coefficient (Wildman–Crippen LogP) is -1.17. The van der Waals surface area contributed by atoms with Crippen LogP contribution in [-0.4, -0.2) is 66.9 Å². The molecule has 0 aromatic carbocycles. The molecule has 0 saturated carbocycles. The summed E-state index contributed by atoms with van der Waals surface area (Å²) in [5, 5.41) is 0. The lowest BCUT2D eigenvalue weighted by Crippen LogP contribution is -2.41. The molecule has 1 fully saturated rings. The van der Waals surface area contributed by atoms with Crippen LogP contribution in [0.25, 0.3) is 0 Å². The van der Waals surface area contributed by atoms with Crippen molar-refractivity contribution in [3.63, 3.8) is 0 Å². The van der Waals surface area contributed by atoms with Gasteiger partial charge in [0.15, 0.2) is 0 Å². The summed E-state index contributed by atoms with van der Waals surface area (Å²) in [5.41, 5.74) is 6.11. The maximum Gasteiger partial charge on any atom is 0.227 e. The van der Waals surface area contributed by atoms with Crippen LogP contribution in [0.15, 0.2) is 24.5 Å². The molecule has 126 valence electrons. The molecule has 0 spiro atoms. The standard InChI is InChI=1S/C14H20N4O4S/c1-23(21,22)18-6-5-17(9-12(10-18)14(15)20)13(19)7-11-3-2-4-16-8-11/h2-4,8,12H,5-7,9-10H2,1H3,(H2,15,20). The Hall–Kier alpha value is -2.00. The quantitative estimate of drug-likeness (QED) is 0.742. The highest BCUT2D eigenvalue weighted by Gasteiger charge is 2.32. The highest BCUT2D eigenvalue weighted by molar-refractivity contribution is 7.88. The van der Waals surface area contributed by atoms with E-state index in [9.17, 15) is 18.0 Å². The van der Waals surface area contributed by atoms with Gasteiger partial charge in [-0.3, -0.25) is 14.6 Å². The Morgan fingerprint density at radius 2 is 2.09 bits per heavy atom.